The van der Waals surface area contributed by atoms with Crippen molar-refractivity contribution in [1.82, 2.24) is 5.32 Å². The topological polar surface area (TPSA) is 66.4 Å². The molecule has 6 unspecified atom stereocenters. The van der Waals surface area contributed by atoms with Crippen LogP contribution in [0.25, 0.3) is 0 Å². The van der Waals surface area contributed by atoms with Crippen LogP contribution in [0.1, 0.15) is 32.6 Å². The quantitative estimate of drug-likeness (QED) is 0.765. The van der Waals surface area contributed by atoms with Crippen LogP contribution in [0.3, 0.4) is 0 Å². The van der Waals surface area contributed by atoms with Crippen molar-refractivity contribution in [2.24, 2.45) is 23.7 Å². The third-order valence-corrected chi connectivity index (χ3v) is 6.53. The van der Waals surface area contributed by atoms with Crippen LogP contribution >= 0.6 is 11.8 Å². The van der Waals surface area contributed by atoms with E-state index in [9.17, 15) is 14.7 Å². The first-order valence-electron chi connectivity index (χ1n) is 7.95. The Hall–Kier alpha value is -0.970. The van der Waals surface area contributed by atoms with Gasteiger partial charge in [0.25, 0.3) is 0 Å². The van der Waals surface area contributed by atoms with Crippen LogP contribution in [0.4, 0.5) is 0 Å². The number of carboxylic acid groups (broad SMARTS) is 1. The summed E-state index contributed by atoms with van der Waals surface area (Å²) in [4.78, 5) is 24.1. The Morgan fingerprint density at radius 3 is 2.62 bits per heavy atom. The number of amides is 1. The first kappa shape index (κ1) is 14.9. The average Bonchev–Trinajstić information content (AvgIpc) is 3.14. The van der Waals surface area contributed by atoms with Gasteiger partial charge in [-0.1, -0.05) is 25.5 Å². The lowest BCUT2D eigenvalue weighted by molar-refractivity contribution is -0.148. The molecule has 0 saturated heterocycles. The molecule has 0 aromatic carbocycles. The third-order valence-electron chi connectivity index (χ3n) is 5.21. The fourth-order valence-corrected chi connectivity index (χ4v) is 5.50. The first-order valence-corrected chi connectivity index (χ1v) is 8.99. The maximum absolute atomic E-state index is 12.6. The van der Waals surface area contributed by atoms with Gasteiger partial charge in [-0.25, -0.2) is 0 Å². The molecule has 116 valence electrons. The highest BCUT2D eigenvalue weighted by molar-refractivity contribution is 7.99. The molecule has 0 spiro atoms. The van der Waals surface area contributed by atoms with Crippen molar-refractivity contribution in [3.8, 4) is 0 Å². The summed E-state index contributed by atoms with van der Waals surface area (Å²) < 4.78 is 0. The zero-order valence-electron chi connectivity index (χ0n) is 12.3. The van der Waals surface area contributed by atoms with E-state index in [1.165, 1.54) is 0 Å². The Balaban J connectivity index is 1.67. The maximum Gasteiger partial charge on any atom is 0.307 e. The first-order chi connectivity index (χ1) is 10.1. The van der Waals surface area contributed by atoms with Gasteiger partial charge in [-0.2, -0.15) is 11.8 Å². The van der Waals surface area contributed by atoms with Crippen molar-refractivity contribution in [3.05, 3.63) is 12.2 Å². The van der Waals surface area contributed by atoms with Crippen molar-refractivity contribution >= 4 is 23.6 Å². The monoisotopic (exact) mass is 309 g/mol. The molecule has 3 aliphatic rings. The van der Waals surface area contributed by atoms with E-state index >= 15 is 0 Å². The number of fused-ring (bicyclic) bond motifs is 2. The van der Waals surface area contributed by atoms with E-state index < -0.39 is 11.9 Å². The summed E-state index contributed by atoms with van der Waals surface area (Å²) in [6, 6.07) is 0.222. The average molecular weight is 309 g/mol. The predicted molar refractivity (Wildman–Crippen MR) is 83.1 cm³/mol. The second kappa shape index (κ2) is 6.03. The Bertz CT molecular complexity index is 464. The SMILES string of the molecule is CCSC1CCCC1NC(=O)C1C2C=CC(C2)C1C(=O)O. The van der Waals surface area contributed by atoms with Crippen molar-refractivity contribution in [2.45, 2.75) is 43.9 Å². The number of hydrogen-bond donors (Lipinski definition) is 2. The minimum Gasteiger partial charge on any atom is -0.481 e. The Morgan fingerprint density at radius 1 is 1.24 bits per heavy atom. The zero-order valence-corrected chi connectivity index (χ0v) is 13.1. The lowest BCUT2D eigenvalue weighted by Crippen LogP contribution is -2.46. The minimum absolute atomic E-state index is 0.0344. The van der Waals surface area contributed by atoms with Gasteiger partial charge in [0.05, 0.1) is 11.8 Å². The van der Waals surface area contributed by atoms with Crippen LogP contribution in [0.5, 0.6) is 0 Å². The van der Waals surface area contributed by atoms with E-state index in [1.807, 2.05) is 23.9 Å². The number of thioether (sulfide) groups is 1. The summed E-state index contributed by atoms with van der Waals surface area (Å²) in [5.41, 5.74) is 0. The van der Waals surface area contributed by atoms with Gasteiger partial charge in [0.15, 0.2) is 0 Å². The molecular weight excluding hydrogens is 286 g/mol. The second-order valence-electron chi connectivity index (χ2n) is 6.38. The van der Waals surface area contributed by atoms with Crippen LogP contribution in [-0.4, -0.2) is 34.0 Å². The number of hydrogen-bond acceptors (Lipinski definition) is 3. The van der Waals surface area contributed by atoms with E-state index in [-0.39, 0.29) is 29.7 Å². The van der Waals surface area contributed by atoms with Gasteiger partial charge in [0.2, 0.25) is 5.91 Å². The zero-order chi connectivity index (χ0) is 15.0. The van der Waals surface area contributed by atoms with Crippen LogP contribution < -0.4 is 5.32 Å². The minimum atomic E-state index is -0.821. The van der Waals surface area contributed by atoms with Gasteiger partial charge in [0.1, 0.15) is 0 Å². The summed E-state index contributed by atoms with van der Waals surface area (Å²) in [5, 5.41) is 13.1. The fourth-order valence-electron chi connectivity index (χ4n) is 4.30. The van der Waals surface area contributed by atoms with E-state index in [0.717, 1.165) is 31.4 Å². The molecule has 4 nitrogen and oxygen atoms in total. The molecule has 2 bridgehead atoms. The van der Waals surface area contributed by atoms with E-state index in [2.05, 4.69) is 12.2 Å². The lowest BCUT2D eigenvalue weighted by Gasteiger charge is -2.27. The molecule has 3 aliphatic carbocycles. The van der Waals surface area contributed by atoms with Crippen LogP contribution in [-0.2, 0) is 9.59 Å². The molecular formula is C16H23NO3S. The number of aliphatic carboxylic acids is 1. The molecule has 2 saturated carbocycles. The van der Waals surface area contributed by atoms with Gasteiger partial charge < -0.3 is 10.4 Å². The maximum atomic E-state index is 12.6. The van der Waals surface area contributed by atoms with Crippen molar-refractivity contribution in [2.75, 3.05) is 5.75 Å². The summed E-state index contributed by atoms with van der Waals surface area (Å²) in [6.45, 7) is 2.14. The smallest absolute Gasteiger partial charge is 0.307 e. The van der Waals surface area contributed by atoms with Gasteiger partial charge >= 0.3 is 5.97 Å². The van der Waals surface area contributed by atoms with Gasteiger partial charge in [0, 0.05) is 11.3 Å². The predicted octanol–water partition coefficient (Wildman–Crippen LogP) is 2.30. The number of carbonyl (C=O) groups excluding carboxylic acids is 1. The van der Waals surface area contributed by atoms with Crippen molar-refractivity contribution in [1.29, 1.82) is 0 Å². The Morgan fingerprint density at radius 2 is 1.95 bits per heavy atom. The van der Waals surface area contributed by atoms with Crippen LogP contribution in [0.2, 0.25) is 0 Å². The van der Waals surface area contributed by atoms with Crippen LogP contribution in [0, 0.1) is 23.7 Å². The van der Waals surface area contributed by atoms with E-state index in [1.54, 1.807) is 0 Å². The van der Waals surface area contributed by atoms with Gasteiger partial charge in [-0.15, -0.1) is 0 Å². The molecule has 0 aromatic heterocycles. The second-order valence-corrected chi connectivity index (χ2v) is 7.89. The largest absolute Gasteiger partial charge is 0.481 e. The Kier molecular flexibility index (Phi) is 4.29. The lowest BCUT2D eigenvalue weighted by atomic mass is 9.82. The van der Waals surface area contributed by atoms with Gasteiger partial charge in [-0.3, -0.25) is 9.59 Å². The summed E-state index contributed by atoms with van der Waals surface area (Å²) in [7, 11) is 0. The molecule has 6 atom stereocenters. The van der Waals surface area contributed by atoms with Crippen molar-refractivity contribution < 1.29 is 14.7 Å². The molecule has 2 N–H and O–H groups in total. The number of carboxylic acids is 1. The van der Waals surface area contributed by atoms with Crippen molar-refractivity contribution in [3.63, 3.8) is 0 Å². The summed E-state index contributed by atoms with van der Waals surface area (Å²) >= 11 is 1.91. The third kappa shape index (κ3) is 2.72. The molecule has 0 heterocycles. The molecule has 0 radical (unpaired) electrons. The molecule has 1 amide bonds. The van der Waals surface area contributed by atoms with E-state index in [4.69, 9.17) is 0 Å². The highest BCUT2D eigenvalue weighted by Gasteiger charge is 2.52. The number of carbonyl (C=O) groups is 2. The molecule has 5 heteroatoms. The highest BCUT2D eigenvalue weighted by Crippen LogP contribution is 2.48. The van der Waals surface area contributed by atoms with E-state index in [0.29, 0.717) is 5.25 Å². The number of rotatable bonds is 5. The number of nitrogens with one attached hydrogen (secondary N) is 1. The standard InChI is InChI=1S/C16H23NO3S/c1-2-21-12-5-3-4-11(12)17-15(18)13-9-6-7-10(8-9)14(13)16(19)20/h6-7,9-14H,2-5,8H2,1H3,(H,17,18)(H,19,20). The molecule has 21 heavy (non-hydrogen) atoms. The molecule has 3 rings (SSSR count). The fraction of sp³-hybridized carbons (Fsp3) is 0.750. The summed E-state index contributed by atoms with van der Waals surface area (Å²) in [6.07, 6.45) is 8.19. The molecule has 0 aromatic rings. The highest BCUT2D eigenvalue weighted by atomic mass is 32.2. The van der Waals surface area contributed by atoms with Crippen LogP contribution in [0.15, 0.2) is 12.2 Å². The normalized spacial score (nSPS) is 40.6. The Labute approximate surface area is 129 Å². The number of allylic oxidation sites excluding steroid dienone is 2. The summed E-state index contributed by atoms with van der Waals surface area (Å²) in [5.74, 6) is -0.525. The molecule has 2 fully saturated rings. The van der Waals surface area contributed by atoms with Gasteiger partial charge in [-0.05, 0) is 36.9 Å². The molecule has 0 aliphatic heterocycles.